The van der Waals surface area contributed by atoms with E-state index in [9.17, 15) is 9.59 Å². The van der Waals surface area contributed by atoms with E-state index in [1.807, 2.05) is 61.5 Å². The molecule has 30 heavy (non-hydrogen) atoms. The van der Waals surface area contributed by atoms with Gasteiger partial charge >= 0.3 is 0 Å². The SMILES string of the molecule is COc1ccc(/C=c2/sc3n(c2=O)C2c4ccccc4OC(C)(N=3)C2C(C)=O)cc1. The molecule has 2 bridgehead atoms. The van der Waals surface area contributed by atoms with E-state index in [4.69, 9.17) is 14.5 Å². The molecule has 3 unspecified atom stereocenters. The molecule has 0 saturated heterocycles. The molecule has 6 nitrogen and oxygen atoms in total. The lowest BCUT2D eigenvalue weighted by Crippen LogP contribution is -2.58. The van der Waals surface area contributed by atoms with Gasteiger partial charge in [0, 0.05) is 5.56 Å². The summed E-state index contributed by atoms with van der Waals surface area (Å²) < 4.78 is 13.6. The number of thiazole rings is 1. The van der Waals surface area contributed by atoms with Gasteiger partial charge in [0.15, 0.2) is 4.80 Å². The van der Waals surface area contributed by atoms with Crippen molar-refractivity contribution >= 4 is 23.2 Å². The Morgan fingerprint density at radius 1 is 1.23 bits per heavy atom. The lowest BCUT2D eigenvalue weighted by Gasteiger charge is -2.45. The first-order chi connectivity index (χ1) is 14.4. The number of hydrogen-bond acceptors (Lipinski definition) is 6. The Hall–Kier alpha value is -3.19. The number of hydrogen-bond donors (Lipinski definition) is 0. The van der Waals surface area contributed by atoms with Crippen molar-refractivity contribution in [3.05, 3.63) is 79.3 Å². The van der Waals surface area contributed by atoms with Gasteiger partial charge in [-0.3, -0.25) is 14.2 Å². The second-order valence-corrected chi connectivity index (χ2v) is 8.69. The molecule has 3 atom stereocenters. The molecule has 0 spiro atoms. The maximum Gasteiger partial charge on any atom is 0.270 e. The number of methoxy groups -OCH3 is 1. The zero-order valence-corrected chi connectivity index (χ0v) is 17.6. The van der Waals surface area contributed by atoms with Crippen LogP contribution in [0, 0.1) is 5.92 Å². The maximum absolute atomic E-state index is 13.4. The van der Waals surface area contributed by atoms with Crippen LogP contribution in [0.3, 0.4) is 0 Å². The van der Waals surface area contributed by atoms with Gasteiger partial charge < -0.3 is 9.47 Å². The molecule has 0 amide bonds. The van der Waals surface area contributed by atoms with Crippen LogP contribution in [0.2, 0.25) is 0 Å². The van der Waals surface area contributed by atoms with Gasteiger partial charge in [0.1, 0.15) is 23.2 Å². The van der Waals surface area contributed by atoms with E-state index in [0.29, 0.717) is 15.1 Å². The smallest absolute Gasteiger partial charge is 0.270 e. The van der Waals surface area contributed by atoms with Gasteiger partial charge in [0.25, 0.3) is 5.56 Å². The first kappa shape index (κ1) is 18.8. The van der Waals surface area contributed by atoms with Crippen LogP contribution >= 0.6 is 11.3 Å². The highest BCUT2D eigenvalue weighted by Crippen LogP contribution is 2.47. The first-order valence-electron chi connectivity index (χ1n) is 9.67. The van der Waals surface area contributed by atoms with E-state index in [2.05, 4.69) is 0 Å². The van der Waals surface area contributed by atoms with Crippen LogP contribution in [0.15, 0.2) is 58.3 Å². The van der Waals surface area contributed by atoms with E-state index in [1.165, 1.54) is 18.3 Å². The molecule has 7 heteroatoms. The summed E-state index contributed by atoms with van der Waals surface area (Å²) in [5, 5.41) is 0. The fourth-order valence-corrected chi connectivity index (χ4v) is 5.51. The van der Waals surface area contributed by atoms with Gasteiger partial charge in [0.2, 0.25) is 5.72 Å². The minimum atomic E-state index is -1.04. The minimum Gasteiger partial charge on any atom is -0.497 e. The Bertz CT molecular complexity index is 1340. The van der Waals surface area contributed by atoms with Crippen LogP contribution in [0.1, 0.15) is 31.0 Å². The number of carbonyl (C=O) groups is 1. The first-order valence-corrected chi connectivity index (χ1v) is 10.5. The predicted octanol–water partition coefficient (Wildman–Crippen LogP) is 2.28. The molecule has 0 fully saturated rings. The van der Waals surface area contributed by atoms with Crippen LogP contribution < -0.4 is 24.4 Å². The zero-order valence-electron chi connectivity index (χ0n) is 16.8. The monoisotopic (exact) mass is 420 g/mol. The summed E-state index contributed by atoms with van der Waals surface area (Å²) in [6.45, 7) is 3.36. The molecule has 152 valence electrons. The Morgan fingerprint density at radius 2 is 1.97 bits per heavy atom. The lowest BCUT2D eigenvalue weighted by atomic mass is 9.79. The number of carbonyl (C=O) groups excluding carboxylic acids is 1. The predicted molar refractivity (Wildman–Crippen MR) is 114 cm³/mol. The highest BCUT2D eigenvalue weighted by atomic mass is 32.1. The summed E-state index contributed by atoms with van der Waals surface area (Å²) in [7, 11) is 1.61. The molecule has 0 N–H and O–H groups in total. The van der Waals surface area contributed by atoms with Gasteiger partial charge in [-0.25, -0.2) is 4.99 Å². The van der Waals surface area contributed by atoms with E-state index < -0.39 is 17.7 Å². The van der Waals surface area contributed by atoms with Gasteiger partial charge in [-0.1, -0.05) is 41.7 Å². The Balaban J connectivity index is 1.76. The quantitative estimate of drug-likeness (QED) is 0.652. The molecule has 5 rings (SSSR count). The highest BCUT2D eigenvalue weighted by molar-refractivity contribution is 7.07. The molecule has 2 aromatic carbocycles. The fourth-order valence-electron chi connectivity index (χ4n) is 4.41. The van der Waals surface area contributed by atoms with E-state index in [1.54, 1.807) is 11.7 Å². The molecule has 2 aliphatic rings. The van der Waals surface area contributed by atoms with Gasteiger partial charge in [-0.15, -0.1) is 0 Å². The van der Waals surface area contributed by atoms with Gasteiger partial charge in [-0.2, -0.15) is 0 Å². The number of Topliss-reactive ketones (excluding diaryl/α,β-unsaturated/α-hetero) is 1. The van der Waals surface area contributed by atoms with Crippen LogP contribution in [-0.2, 0) is 4.79 Å². The number of para-hydroxylation sites is 1. The third-order valence-corrected chi connectivity index (χ3v) is 6.71. The number of ether oxygens (including phenoxy) is 2. The molecular weight excluding hydrogens is 400 g/mol. The summed E-state index contributed by atoms with van der Waals surface area (Å²) in [5.74, 6) is 0.797. The molecule has 1 aromatic heterocycles. The Kier molecular flexibility index (Phi) is 4.18. The van der Waals surface area contributed by atoms with Crippen molar-refractivity contribution < 1.29 is 14.3 Å². The molecule has 2 aliphatic heterocycles. The zero-order chi connectivity index (χ0) is 21.0. The number of aromatic nitrogens is 1. The van der Waals surface area contributed by atoms with Crippen molar-refractivity contribution in [2.24, 2.45) is 10.9 Å². The third-order valence-electron chi connectivity index (χ3n) is 5.73. The Morgan fingerprint density at radius 3 is 2.67 bits per heavy atom. The minimum absolute atomic E-state index is 0.0508. The summed E-state index contributed by atoms with van der Waals surface area (Å²) in [4.78, 5) is 31.4. The van der Waals surface area contributed by atoms with Crippen LogP contribution in [0.4, 0.5) is 0 Å². The normalized spacial score (nSPS) is 24.3. The van der Waals surface area contributed by atoms with Crippen LogP contribution in [0.25, 0.3) is 6.08 Å². The molecule has 0 aliphatic carbocycles. The lowest BCUT2D eigenvalue weighted by molar-refractivity contribution is -0.132. The number of rotatable bonds is 3. The number of nitrogens with zero attached hydrogens (tertiary/aromatic N) is 2. The van der Waals surface area contributed by atoms with Crippen molar-refractivity contribution in [2.75, 3.05) is 7.11 Å². The number of ketones is 1. The second kappa shape index (κ2) is 6.67. The van der Waals surface area contributed by atoms with E-state index in [-0.39, 0.29) is 11.3 Å². The average Bonchev–Trinajstić information content (AvgIpc) is 3.01. The maximum atomic E-state index is 13.4. The average molecular weight is 420 g/mol. The number of benzene rings is 2. The van der Waals surface area contributed by atoms with Crippen LogP contribution in [0.5, 0.6) is 11.5 Å². The van der Waals surface area contributed by atoms with Crippen LogP contribution in [-0.4, -0.2) is 23.2 Å². The standard InChI is InChI=1S/C23H20N2O4S/c1-13(26)19-20-16-6-4-5-7-17(16)29-23(19,2)24-22-25(20)21(27)18(30-22)12-14-8-10-15(28-3)11-9-14/h4-12,19-20H,1-3H3/b18-12+. The Labute approximate surface area is 176 Å². The molecule has 0 radical (unpaired) electrons. The summed E-state index contributed by atoms with van der Waals surface area (Å²) >= 11 is 1.32. The van der Waals surface area contributed by atoms with E-state index >= 15 is 0 Å². The van der Waals surface area contributed by atoms with Crippen molar-refractivity contribution in [1.82, 2.24) is 4.57 Å². The van der Waals surface area contributed by atoms with Crippen molar-refractivity contribution in [3.63, 3.8) is 0 Å². The topological polar surface area (TPSA) is 69.9 Å². The fraction of sp³-hybridized carbons (Fsp3) is 0.261. The van der Waals surface area contributed by atoms with Crippen molar-refractivity contribution in [2.45, 2.75) is 25.6 Å². The summed E-state index contributed by atoms with van der Waals surface area (Å²) in [6, 6.07) is 14.6. The highest BCUT2D eigenvalue weighted by Gasteiger charge is 2.53. The van der Waals surface area contributed by atoms with Gasteiger partial charge in [0.05, 0.1) is 17.7 Å². The molecule has 3 aromatic rings. The van der Waals surface area contributed by atoms with E-state index in [0.717, 1.165) is 16.9 Å². The molecular formula is C23H20N2O4S. The van der Waals surface area contributed by atoms with Crippen molar-refractivity contribution in [3.8, 4) is 11.5 Å². The van der Waals surface area contributed by atoms with Gasteiger partial charge in [-0.05, 0) is 43.7 Å². The molecule has 0 saturated carbocycles. The van der Waals surface area contributed by atoms with Crippen molar-refractivity contribution in [1.29, 1.82) is 0 Å². The summed E-state index contributed by atoms with van der Waals surface area (Å²) in [6.07, 6.45) is 1.84. The second-order valence-electron chi connectivity index (χ2n) is 7.68. The number of fused-ring (bicyclic) bond motifs is 6. The summed E-state index contributed by atoms with van der Waals surface area (Å²) in [5.41, 5.74) is 0.535. The third kappa shape index (κ3) is 2.73. The largest absolute Gasteiger partial charge is 0.497 e. The molecule has 3 heterocycles.